The second-order valence-corrected chi connectivity index (χ2v) is 6.35. The van der Waals surface area contributed by atoms with E-state index < -0.39 is 0 Å². The summed E-state index contributed by atoms with van der Waals surface area (Å²) in [4.78, 5) is 6.78. The van der Waals surface area contributed by atoms with Crippen LogP contribution in [0.1, 0.15) is 31.9 Å². The Kier molecular flexibility index (Phi) is 11.0. The van der Waals surface area contributed by atoms with Crippen LogP contribution in [0, 0.1) is 0 Å². The lowest BCUT2D eigenvalue weighted by Gasteiger charge is -2.27. The fourth-order valence-corrected chi connectivity index (χ4v) is 3.07. The Morgan fingerprint density at radius 3 is 2.44 bits per heavy atom. The minimum atomic E-state index is 0. The normalized spacial score (nSPS) is 12.6. The lowest BCUT2D eigenvalue weighted by Crippen LogP contribution is -2.45. The quantitative estimate of drug-likeness (QED) is 0.327. The van der Waals surface area contributed by atoms with E-state index >= 15 is 0 Å². The maximum Gasteiger partial charge on any atom is 0.191 e. The number of aliphatic imine (C=N–C) groups is 1. The molecule has 1 heterocycles. The van der Waals surface area contributed by atoms with Gasteiger partial charge >= 0.3 is 0 Å². The van der Waals surface area contributed by atoms with Gasteiger partial charge in [-0.15, -0.1) is 24.0 Å². The van der Waals surface area contributed by atoms with Crippen molar-refractivity contribution in [2.75, 3.05) is 26.7 Å². The van der Waals surface area contributed by atoms with Gasteiger partial charge in [-0.05, 0) is 37.2 Å². The molecule has 6 nitrogen and oxygen atoms in total. The van der Waals surface area contributed by atoms with Crippen LogP contribution in [0.4, 0.5) is 0 Å². The molecule has 0 saturated carbocycles. The molecule has 0 amide bonds. The molecule has 2 rings (SSSR count). The van der Waals surface area contributed by atoms with Crippen LogP contribution in [0.5, 0.6) is 0 Å². The zero-order valence-electron chi connectivity index (χ0n) is 16.9. The van der Waals surface area contributed by atoms with Crippen LogP contribution in [0.2, 0.25) is 0 Å². The molecule has 1 aromatic carbocycles. The highest BCUT2D eigenvalue weighted by Gasteiger charge is 2.10. The monoisotopic (exact) mass is 484 g/mol. The van der Waals surface area contributed by atoms with Crippen molar-refractivity contribution < 1.29 is 0 Å². The van der Waals surface area contributed by atoms with Gasteiger partial charge in [-0.25, -0.2) is 0 Å². The second-order valence-electron chi connectivity index (χ2n) is 6.35. The standard InChI is InChI=1S/C20H32N6.HI/c1-5-25(6-2)17(3)14-22-20(21-4)23-15-18-10-7-8-11-19(18)16-26-13-9-12-24-26;/h7-13,17H,5-6,14-16H2,1-4H3,(H2,21,22,23);1H. The minimum absolute atomic E-state index is 0. The number of likely N-dealkylation sites (N-methyl/N-ethyl adjacent to an activating group) is 1. The van der Waals surface area contributed by atoms with Crippen LogP contribution in [0.3, 0.4) is 0 Å². The maximum absolute atomic E-state index is 4.35. The number of rotatable bonds is 9. The second kappa shape index (κ2) is 12.7. The SMILES string of the molecule is CCN(CC)C(C)CNC(=NC)NCc1ccccc1Cn1cccn1.I. The molecular formula is C20H33IN6. The summed E-state index contributed by atoms with van der Waals surface area (Å²) < 4.78 is 1.94. The van der Waals surface area contributed by atoms with E-state index in [2.05, 4.69) is 70.7 Å². The lowest BCUT2D eigenvalue weighted by atomic mass is 10.1. The van der Waals surface area contributed by atoms with Crippen molar-refractivity contribution in [1.29, 1.82) is 0 Å². The molecule has 0 spiro atoms. The summed E-state index contributed by atoms with van der Waals surface area (Å²) >= 11 is 0. The molecule has 2 aromatic rings. The smallest absolute Gasteiger partial charge is 0.191 e. The predicted octanol–water partition coefficient (Wildman–Crippen LogP) is 2.94. The van der Waals surface area contributed by atoms with Crippen molar-refractivity contribution >= 4 is 29.9 Å². The van der Waals surface area contributed by atoms with E-state index in [9.17, 15) is 0 Å². The third-order valence-corrected chi connectivity index (χ3v) is 4.68. The molecule has 7 heteroatoms. The van der Waals surface area contributed by atoms with Gasteiger partial charge in [0.1, 0.15) is 0 Å². The number of hydrogen-bond acceptors (Lipinski definition) is 3. The first-order chi connectivity index (χ1) is 12.7. The average Bonchev–Trinajstić information content (AvgIpc) is 3.17. The predicted molar refractivity (Wildman–Crippen MR) is 124 cm³/mol. The third-order valence-electron chi connectivity index (χ3n) is 4.68. The van der Waals surface area contributed by atoms with Crippen molar-refractivity contribution in [3.8, 4) is 0 Å². The summed E-state index contributed by atoms with van der Waals surface area (Å²) in [7, 11) is 1.81. The molecule has 1 atom stereocenters. The van der Waals surface area contributed by atoms with E-state index in [1.807, 2.05) is 30.2 Å². The van der Waals surface area contributed by atoms with Crippen molar-refractivity contribution in [3.05, 3.63) is 53.9 Å². The summed E-state index contributed by atoms with van der Waals surface area (Å²) in [5, 5.41) is 11.2. The van der Waals surface area contributed by atoms with Crippen LogP contribution < -0.4 is 10.6 Å². The number of benzene rings is 1. The van der Waals surface area contributed by atoms with Gasteiger partial charge in [0.15, 0.2) is 5.96 Å². The van der Waals surface area contributed by atoms with Crippen molar-refractivity contribution in [3.63, 3.8) is 0 Å². The van der Waals surface area contributed by atoms with Crippen molar-refractivity contribution in [2.45, 2.75) is 39.9 Å². The zero-order valence-corrected chi connectivity index (χ0v) is 19.2. The van der Waals surface area contributed by atoms with E-state index in [4.69, 9.17) is 0 Å². The Balaban J connectivity index is 0.00000364. The summed E-state index contributed by atoms with van der Waals surface area (Å²) in [6.07, 6.45) is 3.79. The Morgan fingerprint density at radius 2 is 1.85 bits per heavy atom. The van der Waals surface area contributed by atoms with E-state index in [0.29, 0.717) is 6.04 Å². The number of nitrogens with zero attached hydrogens (tertiary/aromatic N) is 4. The topological polar surface area (TPSA) is 57.5 Å². The van der Waals surface area contributed by atoms with Gasteiger partial charge in [-0.1, -0.05) is 38.1 Å². The van der Waals surface area contributed by atoms with E-state index in [1.165, 1.54) is 11.1 Å². The van der Waals surface area contributed by atoms with Gasteiger partial charge in [0.2, 0.25) is 0 Å². The number of hydrogen-bond donors (Lipinski definition) is 2. The summed E-state index contributed by atoms with van der Waals surface area (Å²) in [6.45, 7) is 11.1. The molecular weight excluding hydrogens is 451 g/mol. The summed E-state index contributed by atoms with van der Waals surface area (Å²) in [5.74, 6) is 0.831. The molecule has 0 radical (unpaired) electrons. The molecule has 0 aliphatic rings. The number of aromatic nitrogens is 2. The van der Waals surface area contributed by atoms with Crippen LogP contribution in [0.25, 0.3) is 0 Å². The van der Waals surface area contributed by atoms with Crippen LogP contribution in [0.15, 0.2) is 47.7 Å². The van der Waals surface area contributed by atoms with E-state index in [1.54, 1.807) is 0 Å². The Hall–Kier alpha value is -1.61. The van der Waals surface area contributed by atoms with Gasteiger partial charge in [0, 0.05) is 38.6 Å². The van der Waals surface area contributed by atoms with Crippen LogP contribution in [-0.2, 0) is 13.1 Å². The molecule has 1 aromatic heterocycles. The molecule has 27 heavy (non-hydrogen) atoms. The first kappa shape index (κ1) is 23.4. The van der Waals surface area contributed by atoms with Crippen LogP contribution in [-0.4, -0.2) is 53.4 Å². The number of nitrogens with one attached hydrogen (secondary N) is 2. The molecule has 0 saturated heterocycles. The Labute approximate surface area is 180 Å². The summed E-state index contributed by atoms with van der Waals surface area (Å²) in [6, 6.07) is 10.9. The van der Waals surface area contributed by atoms with Crippen molar-refractivity contribution in [1.82, 2.24) is 25.3 Å². The van der Waals surface area contributed by atoms with Crippen LogP contribution >= 0.6 is 24.0 Å². The molecule has 0 aliphatic carbocycles. The summed E-state index contributed by atoms with van der Waals surface area (Å²) in [5.41, 5.74) is 2.51. The van der Waals surface area contributed by atoms with Gasteiger partial charge in [-0.2, -0.15) is 5.10 Å². The highest BCUT2D eigenvalue weighted by Crippen LogP contribution is 2.10. The average molecular weight is 484 g/mol. The first-order valence-corrected chi connectivity index (χ1v) is 9.40. The number of guanidine groups is 1. The van der Waals surface area contributed by atoms with E-state index in [-0.39, 0.29) is 24.0 Å². The lowest BCUT2D eigenvalue weighted by molar-refractivity contribution is 0.231. The Bertz CT molecular complexity index is 667. The van der Waals surface area contributed by atoms with Gasteiger partial charge in [0.05, 0.1) is 6.54 Å². The van der Waals surface area contributed by atoms with Gasteiger partial charge in [0.25, 0.3) is 0 Å². The highest BCUT2D eigenvalue weighted by molar-refractivity contribution is 14.0. The highest BCUT2D eigenvalue weighted by atomic mass is 127. The largest absolute Gasteiger partial charge is 0.355 e. The molecule has 0 fully saturated rings. The fraction of sp³-hybridized carbons (Fsp3) is 0.500. The zero-order chi connectivity index (χ0) is 18.8. The van der Waals surface area contributed by atoms with Gasteiger partial charge < -0.3 is 10.6 Å². The Morgan fingerprint density at radius 1 is 1.15 bits per heavy atom. The molecule has 2 N–H and O–H groups in total. The molecule has 0 bridgehead atoms. The van der Waals surface area contributed by atoms with Crippen molar-refractivity contribution in [2.24, 2.45) is 4.99 Å². The third kappa shape index (κ3) is 7.50. The van der Waals surface area contributed by atoms with Gasteiger partial charge in [-0.3, -0.25) is 14.6 Å². The maximum atomic E-state index is 4.35. The van der Waals surface area contributed by atoms with E-state index in [0.717, 1.165) is 38.7 Å². The fourth-order valence-electron chi connectivity index (χ4n) is 3.07. The molecule has 0 aliphatic heterocycles. The minimum Gasteiger partial charge on any atom is -0.355 e. The number of halogens is 1. The molecule has 1 unspecified atom stereocenters. The molecule has 150 valence electrons. The first-order valence-electron chi connectivity index (χ1n) is 9.40.